The van der Waals surface area contributed by atoms with E-state index < -0.39 is 29.2 Å². The number of carbonyl (C=O) groups is 2. The molecule has 2 atom stereocenters. The van der Waals surface area contributed by atoms with Crippen LogP contribution in [0, 0.1) is 18.6 Å². The highest BCUT2D eigenvalue weighted by atomic mass is 19.2. The number of ether oxygens (including phenoxy) is 1. The van der Waals surface area contributed by atoms with E-state index in [4.69, 9.17) is 4.74 Å². The summed E-state index contributed by atoms with van der Waals surface area (Å²) in [5.41, 5.74) is 0.0852. The molecule has 2 aliphatic heterocycles. The van der Waals surface area contributed by atoms with Crippen molar-refractivity contribution in [3.63, 3.8) is 0 Å². The van der Waals surface area contributed by atoms with Crippen LogP contribution in [0.25, 0.3) is 0 Å². The molecule has 0 N–H and O–H groups in total. The van der Waals surface area contributed by atoms with Crippen LogP contribution in [-0.2, 0) is 15.1 Å². The standard InChI is InChI=1S/C22H22F2N2O3/c1-14-8-9-16(20(24)19(14)23)21(28)26-11-10-22(15-6-4-3-5-7-15)17(12-26)29-13-18(27)25(22)2/h3-9,17H,10-13H2,1-2H3/t17-,22+/m1/s1. The normalized spacial score (nSPS) is 24.4. The summed E-state index contributed by atoms with van der Waals surface area (Å²) in [7, 11) is 1.75. The van der Waals surface area contributed by atoms with Gasteiger partial charge in [-0.05, 0) is 30.5 Å². The first-order valence-electron chi connectivity index (χ1n) is 9.54. The summed E-state index contributed by atoms with van der Waals surface area (Å²) in [5.74, 6) is -2.85. The molecule has 2 aromatic carbocycles. The number of amides is 2. The third-order valence-corrected chi connectivity index (χ3v) is 6.13. The van der Waals surface area contributed by atoms with Gasteiger partial charge >= 0.3 is 0 Å². The van der Waals surface area contributed by atoms with Crippen molar-refractivity contribution in [1.29, 1.82) is 0 Å². The topological polar surface area (TPSA) is 49.9 Å². The monoisotopic (exact) mass is 400 g/mol. The maximum atomic E-state index is 14.3. The molecule has 0 radical (unpaired) electrons. The quantitative estimate of drug-likeness (QED) is 0.779. The van der Waals surface area contributed by atoms with Crippen LogP contribution in [0.4, 0.5) is 8.78 Å². The molecule has 2 aromatic rings. The highest BCUT2D eigenvalue weighted by Gasteiger charge is 2.53. The predicted molar refractivity (Wildman–Crippen MR) is 102 cm³/mol. The Labute approximate surface area is 167 Å². The van der Waals surface area contributed by atoms with E-state index in [-0.39, 0.29) is 30.2 Å². The number of likely N-dealkylation sites (N-methyl/N-ethyl adjacent to an activating group) is 1. The van der Waals surface area contributed by atoms with Crippen LogP contribution in [0.1, 0.15) is 27.9 Å². The Morgan fingerprint density at radius 1 is 1.14 bits per heavy atom. The number of likely N-dealkylation sites (tertiary alicyclic amines) is 1. The van der Waals surface area contributed by atoms with Crippen molar-refractivity contribution >= 4 is 11.8 Å². The van der Waals surface area contributed by atoms with Gasteiger partial charge in [-0.2, -0.15) is 0 Å². The molecule has 0 unspecified atom stereocenters. The number of piperidine rings is 1. The van der Waals surface area contributed by atoms with Crippen LogP contribution in [0.2, 0.25) is 0 Å². The smallest absolute Gasteiger partial charge is 0.257 e. The fourth-order valence-electron chi connectivity index (χ4n) is 4.39. The summed E-state index contributed by atoms with van der Waals surface area (Å²) in [6.45, 7) is 1.84. The maximum Gasteiger partial charge on any atom is 0.257 e. The van der Waals surface area contributed by atoms with E-state index in [0.29, 0.717) is 13.0 Å². The zero-order chi connectivity index (χ0) is 20.8. The largest absolute Gasteiger partial charge is 0.364 e. The number of halogens is 2. The SMILES string of the molecule is Cc1ccc(C(=O)N2CC[C@]3(c4ccccc4)[C@@H](C2)OCC(=O)N3C)c(F)c1F. The Hall–Kier alpha value is -2.80. The number of carbonyl (C=O) groups excluding carboxylic acids is 2. The molecular formula is C22H22F2N2O3. The summed E-state index contributed by atoms with van der Waals surface area (Å²) >= 11 is 0. The first kappa shape index (κ1) is 19.5. The van der Waals surface area contributed by atoms with Gasteiger partial charge in [0, 0.05) is 20.1 Å². The van der Waals surface area contributed by atoms with Crippen molar-refractivity contribution in [2.75, 3.05) is 26.7 Å². The minimum absolute atomic E-state index is 0.0781. The lowest BCUT2D eigenvalue weighted by atomic mass is 9.76. The van der Waals surface area contributed by atoms with Crippen molar-refractivity contribution in [2.45, 2.75) is 25.0 Å². The van der Waals surface area contributed by atoms with Gasteiger partial charge in [-0.1, -0.05) is 36.4 Å². The van der Waals surface area contributed by atoms with E-state index in [1.807, 2.05) is 30.3 Å². The zero-order valence-electron chi connectivity index (χ0n) is 16.3. The lowest BCUT2D eigenvalue weighted by Crippen LogP contribution is -2.67. The predicted octanol–water partition coefficient (Wildman–Crippen LogP) is 2.87. The van der Waals surface area contributed by atoms with Gasteiger partial charge in [0.1, 0.15) is 12.7 Å². The minimum Gasteiger partial charge on any atom is -0.364 e. The number of rotatable bonds is 2. The Morgan fingerprint density at radius 2 is 1.86 bits per heavy atom. The van der Waals surface area contributed by atoms with Crippen LogP contribution in [-0.4, -0.2) is 54.5 Å². The van der Waals surface area contributed by atoms with Crippen LogP contribution in [0.15, 0.2) is 42.5 Å². The third kappa shape index (κ3) is 3.00. The van der Waals surface area contributed by atoms with Gasteiger partial charge in [0.25, 0.3) is 5.91 Å². The summed E-state index contributed by atoms with van der Waals surface area (Å²) < 4.78 is 34.2. The second-order valence-corrected chi connectivity index (χ2v) is 7.60. The maximum absolute atomic E-state index is 14.3. The average Bonchev–Trinajstić information content (AvgIpc) is 2.75. The Balaban J connectivity index is 1.67. The fraction of sp³-hybridized carbons (Fsp3) is 0.364. The van der Waals surface area contributed by atoms with E-state index in [1.54, 1.807) is 11.9 Å². The summed E-state index contributed by atoms with van der Waals surface area (Å²) in [6.07, 6.45) is -0.0327. The van der Waals surface area contributed by atoms with Crippen molar-refractivity contribution in [1.82, 2.24) is 9.80 Å². The lowest BCUT2D eigenvalue weighted by molar-refractivity contribution is -0.180. The van der Waals surface area contributed by atoms with Gasteiger partial charge < -0.3 is 14.5 Å². The molecule has 152 valence electrons. The van der Waals surface area contributed by atoms with E-state index in [1.165, 1.54) is 24.0 Å². The molecule has 2 aliphatic rings. The molecule has 0 aromatic heterocycles. The molecule has 29 heavy (non-hydrogen) atoms. The van der Waals surface area contributed by atoms with Crippen molar-refractivity contribution in [3.05, 3.63) is 70.8 Å². The van der Waals surface area contributed by atoms with Crippen molar-refractivity contribution in [2.24, 2.45) is 0 Å². The number of hydrogen-bond acceptors (Lipinski definition) is 3. The Morgan fingerprint density at radius 3 is 2.59 bits per heavy atom. The van der Waals surface area contributed by atoms with E-state index in [2.05, 4.69) is 0 Å². The van der Waals surface area contributed by atoms with E-state index >= 15 is 0 Å². The van der Waals surface area contributed by atoms with Crippen LogP contribution >= 0.6 is 0 Å². The first-order chi connectivity index (χ1) is 13.9. The van der Waals surface area contributed by atoms with Crippen LogP contribution < -0.4 is 0 Å². The molecule has 7 heteroatoms. The zero-order valence-corrected chi connectivity index (χ0v) is 16.3. The Bertz CT molecular complexity index is 966. The van der Waals surface area contributed by atoms with Gasteiger partial charge in [0.05, 0.1) is 11.1 Å². The van der Waals surface area contributed by atoms with Gasteiger partial charge in [-0.25, -0.2) is 8.78 Å². The molecule has 2 fully saturated rings. The van der Waals surface area contributed by atoms with E-state index in [9.17, 15) is 18.4 Å². The fourth-order valence-corrected chi connectivity index (χ4v) is 4.39. The molecule has 2 heterocycles. The summed E-state index contributed by atoms with van der Waals surface area (Å²) in [4.78, 5) is 28.5. The molecule has 0 aliphatic carbocycles. The highest BCUT2D eigenvalue weighted by Crippen LogP contribution is 2.42. The number of fused-ring (bicyclic) bond motifs is 1. The van der Waals surface area contributed by atoms with E-state index in [0.717, 1.165) is 5.56 Å². The van der Waals surface area contributed by atoms with Crippen LogP contribution in [0.3, 0.4) is 0 Å². The van der Waals surface area contributed by atoms with Gasteiger partial charge in [-0.15, -0.1) is 0 Å². The number of nitrogens with zero attached hydrogens (tertiary/aromatic N) is 2. The highest BCUT2D eigenvalue weighted by molar-refractivity contribution is 5.94. The number of benzene rings is 2. The minimum atomic E-state index is -1.13. The van der Waals surface area contributed by atoms with Gasteiger partial charge in [0.15, 0.2) is 11.6 Å². The lowest BCUT2D eigenvalue weighted by Gasteiger charge is -2.54. The van der Waals surface area contributed by atoms with Gasteiger partial charge in [-0.3, -0.25) is 9.59 Å². The molecule has 0 spiro atoms. The van der Waals surface area contributed by atoms with Crippen molar-refractivity contribution in [3.8, 4) is 0 Å². The van der Waals surface area contributed by atoms with Gasteiger partial charge in [0.2, 0.25) is 5.91 Å². The molecule has 0 saturated carbocycles. The Kier molecular flexibility index (Phi) is 4.86. The summed E-state index contributed by atoms with van der Waals surface area (Å²) in [6, 6.07) is 12.3. The molecule has 0 bridgehead atoms. The molecular weight excluding hydrogens is 378 g/mol. The number of morpholine rings is 1. The number of aryl methyl sites for hydroxylation is 1. The second-order valence-electron chi connectivity index (χ2n) is 7.60. The molecule has 4 rings (SSSR count). The summed E-state index contributed by atoms with van der Waals surface area (Å²) in [5, 5.41) is 0. The third-order valence-electron chi connectivity index (χ3n) is 6.13. The van der Waals surface area contributed by atoms with Crippen molar-refractivity contribution < 1.29 is 23.1 Å². The first-order valence-corrected chi connectivity index (χ1v) is 9.54. The molecule has 5 nitrogen and oxygen atoms in total. The molecule has 2 saturated heterocycles. The number of hydrogen-bond donors (Lipinski definition) is 0. The average molecular weight is 400 g/mol. The second kappa shape index (κ2) is 7.22. The molecule has 2 amide bonds. The van der Waals surface area contributed by atoms with Crippen LogP contribution in [0.5, 0.6) is 0 Å².